The first kappa shape index (κ1) is 21.0. The topological polar surface area (TPSA) is 54.3 Å². The van der Waals surface area contributed by atoms with Crippen LogP contribution in [0.2, 0.25) is 0 Å². The van der Waals surface area contributed by atoms with Crippen molar-refractivity contribution in [3.05, 3.63) is 23.2 Å². The second-order valence-corrected chi connectivity index (χ2v) is 11.2. The van der Waals surface area contributed by atoms with Gasteiger partial charge in [0.05, 0.1) is 16.8 Å². The highest BCUT2D eigenvalue weighted by molar-refractivity contribution is 7.17. The van der Waals surface area contributed by atoms with Gasteiger partial charge < -0.3 is 14.8 Å². The van der Waals surface area contributed by atoms with E-state index in [2.05, 4.69) is 28.3 Å². The average Bonchev–Trinajstić information content (AvgIpc) is 3.23. The van der Waals surface area contributed by atoms with Gasteiger partial charge in [-0.3, -0.25) is 9.59 Å². The second-order valence-electron chi connectivity index (χ2n) is 10.2. The number of nitrogens with one attached hydrogen (secondary N) is 1. The summed E-state index contributed by atoms with van der Waals surface area (Å²) < 4.78 is 3.24. The molecule has 0 radical (unpaired) electrons. The van der Waals surface area contributed by atoms with E-state index in [1.54, 1.807) is 11.3 Å². The van der Waals surface area contributed by atoms with Crippen LogP contribution in [0.5, 0.6) is 0 Å². The number of thiophene rings is 1. The van der Waals surface area contributed by atoms with E-state index in [-0.39, 0.29) is 23.9 Å². The maximum absolute atomic E-state index is 13.9. The quantitative estimate of drug-likeness (QED) is 0.654. The van der Waals surface area contributed by atoms with Crippen molar-refractivity contribution >= 4 is 33.4 Å². The molecule has 1 N–H and O–H groups in total. The van der Waals surface area contributed by atoms with Crippen molar-refractivity contribution in [2.24, 2.45) is 5.92 Å². The Morgan fingerprint density at radius 1 is 1.10 bits per heavy atom. The third kappa shape index (κ3) is 3.61. The van der Waals surface area contributed by atoms with Gasteiger partial charge in [0.25, 0.3) is 5.91 Å². The number of hydrogen-bond acceptors (Lipinski definition) is 3. The van der Waals surface area contributed by atoms with Gasteiger partial charge in [0.1, 0.15) is 11.2 Å². The van der Waals surface area contributed by atoms with Gasteiger partial charge in [0, 0.05) is 12.1 Å². The SMILES string of the molecule is C[C@@H]1CCCC[C@@H]1NC(=O)[C@@]1(C)Cn2c(cc3sccc32)C(=O)N1C1CCCCCC1. The van der Waals surface area contributed by atoms with Crippen molar-refractivity contribution in [3.8, 4) is 0 Å². The first-order valence-corrected chi connectivity index (χ1v) is 13.1. The molecule has 0 bridgehead atoms. The van der Waals surface area contributed by atoms with Gasteiger partial charge in [-0.05, 0) is 56.0 Å². The number of amides is 2. The van der Waals surface area contributed by atoms with Gasteiger partial charge >= 0.3 is 0 Å². The van der Waals surface area contributed by atoms with Crippen LogP contribution in [0.1, 0.15) is 88.5 Å². The van der Waals surface area contributed by atoms with Crippen LogP contribution >= 0.6 is 11.3 Å². The molecule has 31 heavy (non-hydrogen) atoms. The molecule has 2 amide bonds. The van der Waals surface area contributed by atoms with Crippen LogP contribution in [-0.4, -0.2) is 38.9 Å². The van der Waals surface area contributed by atoms with E-state index in [4.69, 9.17) is 0 Å². The summed E-state index contributed by atoms with van der Waals surface area (Å²) in [4.78, 5) is 29.8. The van der Waals surface area contributed by atoms with Crippen molar-refractivity contribution in [1.29, 1.82) is 0 Å². The zero-order chi connectivity index (χ0) is 21.6. The first-order chi connectivity index (χ1) is 15.0. The Bertz CT molecular complexity index is 971. The number of aromatic nitrogens is 1. The van der Waals surface area contributed by atoms with Gasteiger partial charge in [-0.25, -0.2) is 0 Å². The number of carbonyl (C=O) groups is 2. The Labute approximate surface area is 189 Å². The lowest BCUT2D eigenvalue weighted by Crippen LogP contribution is -2.67. The molecule has 2 aromatic rings. The van der Waals surface area contributed by atoms with E-state index in [9.17, 15) is 9.59 Å². The molecule has 2 saturated carbocycles. The van der Waals surface area contributed by atoms with Crippen molar-refractivity contribution < 1.29 is 9.59 Å². The van der Waals surface area contributed by atoms with Gasteiger partial charge in [0.15, 0.2) is 0 Å². The summed E-state index contributed by atoms with van der Waals surface area (Å²) in [7, 11) is 0. The number of fused-ring (bicyclic) bond motifs is 3. The van der Waals surface area contributed by atoms with E-state index >= 15 is 0 Å². The Morgan fingerprint density at radius 2 is 1.81 bits per heavy atom. The highest BCUT2D eigenvalue weighted by Gasteiger charge is 2.50. The molecule has 3 heterocycles. The molecule has 0 saturated heterocycles. The monoisotopic (exact) mass is 441 g/mol. The lowest BCUT2D eigenvalue weighted by atomic mass is 9.84. The maximum Gasteiger partial charge on any atom is 0.271 e. The van der Waals surface area contributed by atoms with Gasteiger partial charge in [-0.2, -0.15) is 0 Å². The Balaban J connectivity index is 1.53. The molecule has 5 nitrogen and oxygen atoms in total. The predicted octanol–water partition coefficient (Wildman–Crippen LogP) is 5.34. The average molecular weight is 442 g/mol. The summed E-state index contributed by atoms with van der Waals surface area (Å²) in [6.07, 6.45) is 11.4. The third-order valence-corrected chi connectivity index (χ3v) is 8.92. The maximum atomic E-state index is 13.9. The van der Waals surface area contributed by atoms with Crippen molar-refractivity contribution in [2.75, 3.05) is 0 Å². The summed E-state index contributed by atoms with van der Waals surface area (Å²) in [6.45, 7) is 4.80. The number of carbonyl (C=O) groups excluding carboxylic acids is 2. The largest absolute Gasteiger partial charge is 0.351 e. The van der Waals surface area contributed by atoms with Gasteiger partial charge in [0.2, 0.25) is 5.91 Å². The van der Waals surface area contributed by atoms with Gasteiger partial charge in [-0.15, -0.1) is 11.3 Å². The number of nitrogens with zero attached hydrogens (tertiary/aromatic N) is 2. The third-order valence-electron chi connectivity index (χ3n) is 8.07. The molecule has 2 aromatic heterocycles. The molecule has 3 atom stereocenters. The van der Waals surface area contributed by atoms with Gasteiger partial charge in [-0.1, -0.05) is 45.4 Å². The van der Waals surface area contributed by atoms with Crippen LogP contribution in [0.4, 0.5) is 0 Å². The van der Waals surface area contributed by atoms with Crippen LogP contribution < -0.4 is 5.32 Å². The smallest absolute Gasteiger partial charge is 0.271 e. The minimum atomic E-state index is -0.857. The van der Waals surface area contributed by atoms with Crippen molar-refractivity contribution in [3.63, 3.8) is 0 Å². The first-order valence-electron chi connectivity index (χ1n) is 12.2. The van der Waals surface area contributed by atoms with E-state index in [1.807, 2.05) is 17.9 Å². The molecular formula is C25H35N3O2S. The molecule has 0 unspecified atom stereocenters. The molecule has 3 aliphatic rings. The van der Waals surface area contributed by atoms with Crippen LogP contribution in [0, 0.1) is 5.92 Å². The highest BCUT2D eigenvalue weighted by atomic mass is 32.1. The molecule has 0 aromatic carbocycles. The summed E-state index contributed by atoms with van der Waals surface area (Å²) >= 11 is 1.67. The lowest BCUT2D eigenvalue weighted by molar-refractivity contribution is -0.135. The molecule has 5 rings (SSSR count). The fourth-order valence-corrected chi connectivity index (χ4v) is 7.00. The zero-order valence-electron chi connectivity index (χ0n) is 18.9. The fourth-order valence-electron chi connectivity index (χ4n) is 6.18. The minimum absolute atomic E-state index is 0.0339. The number of hydrogen-bond donors (Lipinski definition) is 1. The molecule has 1 aliphatic heterocycles. The van der Waals surface area contributed by atoms with Crippen LogP contribution in [0.3, 0.4) is 0 Å². The van der Waals surface area contributed by atoms with E-state index < -0.39 is 5.54 Å². The second kappa shape index (κ2) is 8.27. The molecule has 168 valence electrons. The van der Waals surface area contributed by atoms with Crippen molar-refractivity contribution in [1.82, 2.24) is 14.8 Å². The molecule has 0 spiro atoms. The van der Waals surface area contributed by atoms with Crippen molar-refractivity contribution in [2.45, 2.75) is 102 Å². The standard InChI is InChI=1S/C25H35N3O2S/c1-17-9-7-8-12-19(17)26-24(30)25(2)16-27-20-13-14-31-22(20)15-21(27)23(29)28(25)18-10-5-3-4-6-11-18/h13-15,17-19H,3-12,16H2,1-2H3,(H,26,30)/t17-,19+,25-/m1/s1. The normalized spacial score (nSPS) is 30.3. The van der Waals surface area contributed by atoms with Crippen LogP contribution in [0.15, 0.2) is 17.5 Å². The van der Waals surface area contributed by atoms with Crippen LogP contribution in [-0.2, 0) is 11.3 Å². The van der Waals surface area contributed by atoms with E-state index in [1.165, 1.54) is 32.1 Å². The van der Waals surface area contributed by atoms with E-state index in [0.29, 0.717) is 12.5 Å². The number of rotatable bonds is 3. The predicted molar refractivity (Wildman–Crippen MR) is 125 cm³/mol. The fraction of sp³-hybridized carbons (Fsp3) is 0.680. The molecule has 6 heteroatoms. The zero-order valence-corrected chi connectivity index (χ0v) is 19.7. The highest BCUT2D eigenvalue weighted by Crippen LogP contribution is 2.38. The van der Waals surface area contributed by atoms with E-state index in [0.717, 1.165) is 48.0 Å². The summed E-state index contributed by atoms with van der Waals surface area (Å²) in [5.74, 6) is 0.570. The Kier molecular flexibility index (Phi) is 5.61. The van der Waals surface area contributed by atoms with Crippen LogP contribution in [0.25, 0.3) is 10.2 Å². The summed E-state index contributed by atoms with van der Waals surface area (Å²) in [5.41, 5.74) is 0.978. The molecule has 2 aliphatic carbocycles. The molecule has 2 fully saturated rings. The lowest BCUT2D eigenvalue weighted by Gasteiger charge is -2.48. The minimum Gasteiger partial charge on any atom is -0.351 e. The summed E-state index contributed by atoms with van der Waals surface area (Å²) in [6, 6.07) is 4.49. The molecular weight excluding hydrogens is 406 g/mol. The Morgan fingerprint density at radius 3 is 2.55 bits per heavy atom. The Hall–Kier alpha value is -1.82. The summed E-state index contributed by atoms with van der Waals surface area (Å²) in [5, 5.41) is 5.48.